The Bertz CT molecular complexity index is 878. The van der Waals surface area contributed by atoms with Gasteiger partial charge in [0.05, 0.1) is 23.5 Å². The number of hydrogen-bond acceptors (Lipinski definition) is 4. The second kappa shape index (κ2) is 6.12. The average molecular weight is 328 g/mol. The highest BCUT2D eigenvalue weighted by molar-refractivity contribution is 7.05. The van der Waals surface area contributed by atoms with Crippen molar-refractivity contribution in [1.82, 2.24) is 19.9 Å². The molecule has 120 valence electrons. The molecule has 0 atom stereocenters. The van der Waals surface area contributed by atoms with Crippen molar-refractivity contribution in [2.45, 2.75) is 40.7 Å². The van der Waals surface area contributed by atoms with Gasteiger partial charge in [-0.25, -0.2) is 0 Å². The number of aromatic amines is 1. The summed E-state index contributed by atoms with van der Waals surface area (Å²) >= 11 is 1.33. The van der Waals surface area contributed by atoms with Crippen LogP contribution in [0.25, 0.3) is 10.9 Å². The Morgan fingerprint density at radius 2 is 1.96 bits per heavy atom. The van der Waals surface area contributed by atoms with Gasteiger partial charge in [0.15, 0.2) is 0 Å². The van der Waals surface area contributed by atoms with Gasteiger partial charge in [-0.1, -0.05) is 16.6 Å². The number of benzene rings is 1. The molecule has 3 rings (SSSR count). The summed E-state index contributed by atoms with van der Waals surface area (Å²) in [7, 11) is 0. The van der Waals surface area contributed by atoms with E-state index in [1.165, 1.54) is 28.0 Å². The van der Waals surface area contributed by atoms with Gasteiger partial charge in [0.25, 0.3) is 0 Å². The molecule has 3 aromatic rings. The monoisotopic (exact) mass is 328 g/mol. The summed E-state index contributed by atoms with van der Waals surface area (Å²) in [5.41, 5.74) is 6.55. The van der Waals surface area contributed by atoms with E-state index in [-0.39, 0.29) is 5.91 Å². The lowest BCUT2D eigenvalue weighted by atomic mass is 10.0. The van der Waals surface area contributed by atoms with Crippen molar-refractivity contribution in [1.29, 1.82) is 0 Å². The lowest BCUT2D eigenvalue weighted by molar-refractivity contribution is -0.120. The van der Waals surface area contributed by atoms with E-state index in [0.717, 1.165) is 27.3 Å². The van der Waals surface area contributed by atoms with Crippen molar-refractivity contribution >= 4 is 28.3 Å². The minimum atomic E-state index is 0.0164. The van der Waals surface area contributed by atoms with E-state index in [1.54, 1.807) is 0 Å². The van der Waals surface area contributed by atoms with Crippen LogP contribution in [0.1, 0.15) is 33.0 Å². The van der Waals surface area contributed by atoms with Gasteiger partial charge in [0.1, 0.15) is 0 Å². The third-order valence-corrected chi connectivity index (χ3v) is 5.04. The van der Waals surface area contributed by atoms with Crippen molar-refractivity contribution in [3.8, 4) is 0 Å². The molecule has 6 heteroatoms. The first-order valence-corrected chi connectivity index (χ1v) is 8.36. The maximum absolute atomic E-state index is 12.3. The molecule has 5 nitrogen and oxygen atoms in total. The van der Waals surface area contributed by atoms with Crippen LogP contribution in [0.5, 0.6) is 0 Å². The predicted octanol–water partition coefficient (Wildman–Crippen LogP) is 3.11. The number of carbonyl (C=O) groups is 1. The lowest BCUT2D eigenvalue weighted by Gasteiger charge is -2.06. The largest absolute Gasteiger partial charge is 0.358 e. The number of nitrogens with zero attached hydrogens (tertiary/aromatic N) is 2. The Hall–Kier alpha value is -2.21. The molecule has 0 radical (unpaired) electrons. The molecular formula is C17H20N4OS. The summed E-state index contributed by atoms with van der Waals surface area (Å²) in [5, 5.41) is 8.10. The van der Waals surface area contributed by atoms with Crippen LogP contribution < -0.4 is 5.32 Å². The summed E-state index contributed by atoms with van der Waals surface area (Å²) in [6, 6.07) is 4.22. The van der Waals surface area contributed by atoms with E-state index in [9.17, 15) is 4.79 Å². The number of rotatable bonds is 4. The fourth-order valence-electron chi connectivity index (χ4n) is 2.85. The molecule has 0 bridgehead atoms. The van der Waals surface area contributed by atoms with E-state index in [4.69, 9.17) is 0 Å². The van der Waals surface area contributed by atoms with E-state index in [1.807, 2.05) is 13.8 Å². The van der Waals surface area contributed by atoms with E-state index < -0.39 is 0 Å². The lowest BCUT2D eigenvalue weighted by Crippen LogP contribution is -2.24. The highest BCUT2D eigenvalue weighted by Gasteiger charge is 2.15. The first-order chi connectivity index (χ1) is 11.0. The number of H-pyrrole nitrogens is 1. The van der Waals surface area contributed by atoms with Gasteiger partial charge in [-0.15, -0.1) is 5.10 Å². The molecule has 0 spiro atoms. The zero-order valence-electron chi connectivity index (χ0n) is 13.8. The number of fused-ring (bicyclic) bond motifs is 1. The third kappa shape index (κ3) is 2.99. The number of hydrogen-bond donors (Lipinski definition) is 2. The summed E-state index contributed by atoms with van der Waals surface area (Å²) in [6.45, 7) is 8.59. The molecule has 0 saturated heterocycles. The molecule has 0 fully saturated rings. The number of amides is 1. The third-order valence-electron chi connectivity index (χ3n) is 4.22. The topological polar surface area (TPSA) is 70.7 Å². The Labute approximate surface area is 139 Å². The van der Waals surface area contributed by atoms with Crippen LogP contribution in [0.4, 0.5) is 0 Å². The molecule has 0 saturated carbocycles. The number of nitrogens with one attached hydrogen (secondary N) is 2. The molecule has 2 heterocycles. The molecule has 1 aromatic carbocycles. The Balaban J connectivity index is 1.81. The fourth-order valence-corrected chi connectivity index (χ4v) is 3.42. The van der Waals surface area contributed by atoms with Crippen molar-refractivity contribution in [2.75, 3.05) is 0 Å². The van der Waals surface area contributed by atoms with Crippen LogP contribution in [0, 0.1) is 27.7 Å². The molecule has 0 aliphatic heterocycles. The van der Waals surface area contributed by atoms with Crippen LogP contribution >= 0.6 is 11.5 Å². The zero-order chi connectivity index (χ0) is 16.6. The van der Waals surface area contributed by atoms with Crippen LogP contribution in [-0.4, -0.2) is 20.5 Å². The number of carbonyl (C=O) groups excluding carboxylic acids is 1. The Morgan fingerprint density at radius 1 is 1.22 bits per heavy atom. The Morgan fingerprint density at radius 3 is 2.65 bits per heavy atom. The molecule has 0 aliphatic carbocycles. The highest BCUT2D eigenvalue weighted by atomic mass is 32.1. The molecular weight excluding hydrogens is 308 g/mol. The van der Waals surface area contributed by atoms with Gasteiger partial charge in [-0.05, 0) is 55.9 Å². The van der Waals surface area contributed by atoms with Crippen LogP contribution in [0.15, 0.2) is 12.1 Å². The van der Waals surface area contributed by atoms with E-state index in [2.05, 4.69) is 45.9 Å². The summed E-state index contributed by atoms with van der Waals surface area (Å²) < 4.78 is 3.89. The quantitative estimate of drug-likeness (QED) is 0.773. The van der Waals surface area contributed by atoms with Crippen LogP contribution in [0.3, 0.4) is 0 Å². The Kier molecular flexibility index (Phi) is 4.17. The molecule has 2 N–H and O–H groups in total. The minimum Gasteiger partial charge on any atom is -0.358 e. The zero-order valence-corrected chi connectivity index (χ0v) is 14.6. The van der Waals surface area contributed by atoms with Gasteiger partial charge < -0.3 is 10.3 Å². The van der Waals surface area contributed by atoms with Gasteiger partial charge in [0, 0.05) is 16.6 Å². The smallest absolute Gasteiger partial charge is 0.224 e. The van der Waals surface area contributed by atoms with Crippen molar-refractivity contribution < 1.29 is 4.79 Å². The maximum Gasteiger partial charge on any atom is 0.224 e. The maximum atomic E-state index is 12.3. The van der Waals surface area contributed by atoms with E-state index >= 15 is 0 Å². The predicted molar refractivity (Wildman–Crippen MR) is 92.7 cm³/mol. The van der Waals surface area contributed by atoms with Gasteiger partial charge in [0.2, 0.25) is 5.91 Å². The fraction of sp³-hybridized carbons (Fsp3) is 0.353. The second-order valence-electron chi connectivity index (χ2n) is 5.91. The van der Waals surface area contributed by atoms with Crippen molar-refractivity contribution in [3.63, 3.8) is 0 Å². The van der Waals surface area contributed by atoms with Gasteiger partial charge in [-0.3, -0.25) is 4.79 Å². The minimum absolute atomic E-state index is 0.0164. The number of aryl methyl sites for hydroxylation is 4. The summed E-state index contributed by atoms with van der Waals surface area (Å²) in [4.78, 5) is 16.8. The molecule has 0 unspecified atom stereocenters. The second-order valence-corrected chi connectivity index (χ2v) is 6.75. The number of aromatic nitrogens is 3. The van der Waals surface area contributed by atoms with Gasteiger partial charge in [-0.2, -0.15) is 0 Å². The van der Waals surface area contributed by atoms with Crippen LogP contribution in [-0.2, 0) is 17.8 Å². The SMILES string of the molecule is Cc1nnsc1CNC(=O)Cc1c(C)[nH]c2c(C)ccc(C)c12. The van der Waals surface area contributed by atoms with Crippen LogP contribution in [0.2, 0.25) is 0 Å². The standard InChI is InChI=1S/C17H20N4OS/c1-9-5-6-10(2)17-16(9)13(11(3)19-17)7-15(22)18-8-14-12(4)20-21-23-14/h5-6,19H,7-8H2,1-4H3,(H,18,22). The van der Waals surface area contributed by atoms with Gasteiger partial charge >= 0.3 is 0 Å². The summed E-state index contributed by atoms with van der Waals surface area (Å²) in [5.74, 6) is 0.0164. The first-order valence-electron chi connectivity index (χ1n) is 7.59. The van der Waals surface area contributed by atoms with E-state index in [0.29, 0.717) is 13.0 Å². The highest BCUT2D eigenvalue weighted by Crippen LogP contribution is 2.28. The molecule has 0 aliphatic rings. The van der Waals surface area contributed by atoms with Crippen molar-refractivity contribution in [3.05, 3.63) is 45.1 Å². The molecule has 2 aromatic heterocycles. The summed E-state index contributed by atoms with van der Waals surface area (Å²) in [6.07, 6.45) is 0.376. The first kappa shape index (κ1) is 15.7. The van der Waals surface area contributed by atoms with Crippen molar-refractivity contribution in [2.24, 2.45) is 0 Å². The normalized spacial score (nSPS) is 11.1. The average Bonchev–Trinajstić information content (AvgIpc) is 3.06. The molecule has 23 heavy (non-hydrogen) atoms. The molecule has 1 amide bonds.